The highest BCUT2D eigenvalue weighted by molar-refractivity contribution is 6.31. The molecule has 0 N–H and O–H groups in total. The van der Waals surface area contributed by atoms with Crippen LogP contribution in [0.4, 0.5) is 0 Å². The molecule has 0 unspecified atom stereocenters. The molecule has 29 heavy (non-hydrogen) atoms. The van der Waals surface area contributed by atoms with Crippen molar-refractivity contribution < 1.29 is 0 Å². The summed E-state index contributed by atoms with van der Waals surface area (Å²) in [6.45, 7) is 0. The Morgan fingerprint density at radius 1 is 0.759 bits per heavy atom. The molecule has 0 saturated heterocycles. The average Bonchev–Trinajstić information content (AvgIpc) is 3.20. The summed E-state index contributed by atoms with van der Waals surface area (Å²) in [5, 5.41) is 19.9. The molecule has 4 aromatic rings. The van der Waals surface area contributed by atoms with Crippen molar-refractivity contribution in [3.8, 4) is 12.1 Å². The van der Waals surface area contributed by atoms with E-state index in [0.29, 0.717) is 5.02 Å². The minimum Gasteiger partial charge on any atom is -0.302 e. The van der Waals surface area contributed by atoms with Gasteiger partial charge in [0.2, 0.25) is 0 Å². The Balaban J connectivity index is 2.23. The minimum atomic E-state index is -0.978. The number of nitrogens with zero attached hydrogens (tertiary/aromatic N) is 4. The van der Waals surface area contributed by atoms with E-state index in [1.807, 2.05) is 91.0 Å². The topological polar surface area (TPSA) is 65.4 Å². The van der Waals surface area contributed by atoms with Crippen molar-refractivity contribution in [1.29, 1.82) is 10.5 Å². The van der Waals surface area contributed by atoms with Gasteiger partial charge in [-0.2, -0.15) is 10.5 Å². The van der Waals surface area contributed by atoms with E-state index in [1.54, 1.807) is 10.9 Å². The van der Waals surface area contributed by atoms with Gasteiger partial charge in [0.1, 0.15) is 17.7 Å². The lowest BCUT2D eigenvalue weighted by molar-refractivity contribution is 0.510. The van der Waals surface area contributed by atoms with E-state index in [1.165, 1.54) is 0 Å². The van der Waals surface area contributed by atoms with Gasteiger partial charge in [-0.25, -0.2) is 4.98 Å². The summed E-state index contributed by atoms with van der Waals surface area (Å²) in [4.78, 5) is 4.21. The van der Waals surface area contributed by atoms with Crippen LogP contribution in [0.5, 0.6) is 0 Å². The molecule has 138 valence electrons. The summed E-state index contributed by atoms with van der Waals surface area (Å²) in [7, 11) is 0. The maximum absolute atomic E-state index is 9.90. The minimum absolute atomic E-state index is 0.0794. The van der Waals surface area contributed by atoms with Crippen molar-refractivity contribution in [3.05, 3.63) is 124 Å². The van der Waals surface area contributed by atoms with Crippen LogP contribution in [0.2, 0.25) is 5.02 Å². The van der Waals surface area contributed by atoms with Crippen LogP contribution in [0.1, 0.15) is 28.1 Å². The van der Waals surface area contributed by atoms with Crippen molar-refractivity contribution in [2.45, 2.75) is 5.54 Å². The maximum Gasteiger partial charge on any atom is 0.176 e. The predicted molar refractivity (Wildman–Crippen MR) is 111 cm³/mol. The lowest BCUT2D eigenvalue weighted by atomic mass is 9.76. The van der Waals surface area contributed by atoms with Crippen LogP contribution in [0.3, 0.4) is 0 Å². The number of imidazole rings is 1. The fourth-order valence-electron chi connectivity index (χ4n) is 3.79. The van der Waals surface area contributed by atoms with Crippen LogP contribution in [0.15, 0.2) is 91.3 Å². The standard InChI is InChI=1S/C24H15ClN4/c25-21-14-8-7-13-20(21)24(18-9-3-1-4-10-18,19-11-5-2-6-12-19)29-17-28-22(15-26)23(29)16-27/h1-14,17H. The van der Waals surface area contributed by atoms with Gasteiger partial charge < -0.3 is 4.57 Å². The highest BCUT2D eigenvalue weighted by Gasteiger charge is 2.41. The van der Waals surface area contributed by atoms with Gasteiger partial charge in [0.25, 0.3) is 0 Å². The number of aromatic nitrogens is 2. The third kappa shape index (κ3) is 2.88. The Morgan fingerprint density at radius 2 is 1.31 bits per heavy atom. The number of benzene rings is 3. The summed E-state index contributed by atoms with van der Waals surface area (Å²) >= 11 is 6.71. The molecular formula is C24H15ClN4. The number of halogens is 1. The maximum atomic E-state index is 9.90. The first-order valence-electron chi connectivity index (χ1n) is 8.97. The van der Waals surface area contributed by atoms with Crippen LogP contribution >= 0.6 is 11.6 Å². The molecule has 0 spiro atoms. The van der Waals surface area contributed by atoms with Crippen LogP contribution in [0.25, 0.3) is 0 Å². The van der Waals surface area contributed by atoms with Crippen molar-refractivity contribution in [1.82, 2.24) is 9.55 Å². The zero-order valence-electron chi connectivity index (χ0n) is 15.3. The lowest BCUT2D eigenvalue weighted by Gasteiger charge is -2.38. The summed E-state index contributed by atoms with van der Waals surface area (Å²) in [5.41, 5.74) is 1.87. The van der Waals surface area contributed by atoms with Gasteiger partial charge in [-0.3, -0.25) is 0 Å². The molecule has 0 aliphatic carbocycles. The first-order chi connectivity index (χ1) is 14.2. The van der Waals surface area contributed by atoms with E-state index in [-0.39, 0.29) is 11.4 Å². The van der Waals surface area contributed by atoms with Crippen LogP contribution in [0, 0.1) is 22.7 Å². The molecule has 1 heterocycles. The summed E-state index contributed by atoms with van der Waals surface area (Å²) < 4.78 is 1.75. The third-order valence-corrected chi connectivity index (χ3v) is 5.32. The number of nitriles is 2. The zero-order valence-corrected chi connectivity index (χ0v) is 16.1. The van der Waals surface area contributed by atoms with Crippen LogP contribution in [-0.2, 0) is 5.54 Å². The molecule has 4 rings (SSSR count). The van der Waals surface area contributed by atoms with Crippen molar-refractivity contribution in [3.63, 3.8) is 0 Å². The average molecular weight is 395 g/mol. The monoisotopic (exact) mass is 394 g/mol. The third-order valence-electron chi connectivity index (χ3n) is 4.99. The van der Waals surface area contributed by atoms with Gasteiger partial charge in [-0.05, 0) is 17.2 Å². The molecule has 0 aliphatic heterocycles. The second kappa shape index (κ2) is 7.64. The van der Waals surface area contributed by atoms with E-state index in [9.17, 15) is 10.5 Å². The molecule has 5 heteroatoms. The fourth-order valence-corrected chi connectivity index (χ4v) is 4.06. The largest absolute Gasteiger partial charge is 0.302 e. The number of hydrogen-bond donors (Lipinski definition) is 0. The van der Waals surface area contributed by atoms with Gasteiger partial charge >= 0.3 is 0 Å². The zero-order chi connectivity index (χ0) is 20.3. The van der Waals surface area contributed by atoms with E-state index in [0.717, 1.165) is 16.7 Å². The summed E-state index contributed by atoms with van der Waals surface area (Å²) in [5.74, 6) is 0. The number of rotatable bonds is 4. The quantitative estimate of drug-likeness (QED) is 0.451. The van der Waals surface area contributed by atoms with Gasteiger partial charge in [-0.15, -0.1) is 0 Å². The highest BCUT2D eigenvalue weighted by Crippen LogP contribution is 2.44. The Kier molecular flexibility index (Phi) is 4.87. The molecule has 3 aromatic carbocycles. The van der Waals surface area contributed by atoms with Gasteiger partial charge in [0, 0.05) is 10.6 Å². The van der Waals surface area contributed by atoms with E-state index in [2.05, 4.69) is 11.1 Å². The second-order valence-corrected chi connectivity index (χ2v) is 6.86. The fraction of sp³-hybridized carbons (Fsp3) is 0.0417. The summed E-state index contributed by atoms with van der Waals surface area (Å²) in [6.07, 6.45) is 1.54. The predicted octanol–water partition coefficient (Wildman–Crippen LogP) is 5.12. The van der Waals surface area contributed by atoms with Crippen molar-refractivity contribution >= 4 is 11.6 Å². The second-order valence-electron chi connectivity index (χ2n) is 6.46. The Bertz CT molecular complexity index is 1190. The first-order valence-corrected chi connectivity index (χ1v) is 9.35. The van der Waals surface area contributed by atoms with Crippen molar-refractivity contribution in [2.75, 3.05) is 0 Å². The molecule has 0 saturated carbocycles. The Labute approximate surface area is 173 Å². The molecule has 0 aliphatic rings. The summed E-state index contributed by atoms with van der Waals surface area (Å²) in [6, 6.07) is 31.3. The molecule has 0 amide bonds. The van der Waals surface area contributed by atoms with E-state index in [4.69, 9.17) is 11.6 Å². The van der Waals surface area contributed by atoms with Gasteiger partial charge in [0.05, 0.1) is 6.33 Å². The molecular weight excluding hydrogens is 380 g/mol. The molecule has 1 aromatic heterocycles. The van der Waals surface area contributed by atoms with E-state index < -0.39 is 5.54 Å². The van der Waals surface area contributed by atoms with Crippen LogP contribution in [-0.4, -0.2) is 9.55 Å². The Hall–Kier alpha value is -3.86. The normalized spacial score (nSPS) is 10.9. The van der Waals surface area contributed by atoms with E-state index >= 15 is 0 Å². The molecule has 0 bridgehead atoms. The molecule has 0 atom stereocenters. The van der Waals surface area contributed by atoms with Crippen LogP contribution < -0.4 is 0 Å². The molecule has 0 fully saturated rings. The van der Waals surface area contributed by atoms with Crippen molar-refractivity contribution in [2.24, 2.45) is 0 Å². The Morgan fingerprint density at radius 3 is 1.83 bits per heavy atom. The van der Waals surface area contributed by atoms with Gasteiger partial charge in [0.15, 0.2) is 11.4 Å². The first kappa shape index (κ1) is 18.5. The molecule has 0 radical (unpaired) electrons. The lowest BCUT2D eigenvalue weighted by Crippen LogP contribution is -2.38. The SMILES string of the molecule is N#Cc1ncn(C(c2ccccc2)(c2ccccc2)c2ccccc2Cl)c1C#N. The van der Waals surface area contributed by atoms with Gasteiger partial charge in [-0.1, -0.05) is 90.5 Å². The molecule has 4 nitrogen and oxygen atoms in total. The highest BCUT2D eigenvalue weighted by atomic mass is 35.5. The smallest absolute Gasteiger partial charge is 0.176 e. The number of hydrogen-bond acceptors (Lipinski definition) is 3.